The summed E-state index contributed by atoms with van der Waals surface area (Å²) < 4.78 is 10.8. The van der Waals surface area contributed by atoms with Crippen LogP contribution in [0.15, 0.2) is 24.5 Å². The number of nitro benzene ring substituents is 1. The molecule has 134 valence electrons. The van der Waals surface area contributed by atoms with Gasteiger partial charge >= 0.3 is 0 Å². The van der Waals surface area contributed by atoms with Crippen LogP contribution in [-0.2, 0) is 4.74 Å². The Morgan fingerprint density at radius 3 is 2.48 bits per heavy atom. The van der Waals surface area contributed by atoms with Crippen molar-refractivity contribution in [2.75, 3.05) is 33.4 Å². The Balaban J connectivity index is 2.26. The Morgan fingerprint density at radius 2 is 1.84 bits per heavy atom. The second-order valence-corrected chi connectivity index (χ2v) is 5.45. The molecule has 0 fully saturated rings. The number of ether oxygens (including phenoxy) is 2. The first-order valence-corrected chi connectivity index (χ1v) is 7.94. The van der Waals surface area contributed by atoms with Crippen LogP contribution < -0.4 is 10.1 Å². The molecule has 2 rings (SSSR count). The van der Waals surface area contributed by atoms with E-state index in [1.54, 1.807) is 13.2 Å². The molecule has 2 aromatic rings. The average Bonchev–Trinajstić information content (AvgIpc) is 2.58. The van der Waals surface area contributed by atoms with E-state index in [-0.39, 0.29) is 5.69 Å². The van der Waals surface area contributed by atoms with Crippen molar-refractivity contribution in [1.29, 1.82) is 0 Å². The smallest absolute Gasteiger partial charge is 0.270 e. The third kappa shape index (κ3) is 4.94. The zero-order valence-electron chi connectivity index (χ0n) is 14.6. The number of aromatic nitrogens is 2. The van der Waals surface area contributed by atoms with Crippen LogP contribution in [0.2, 0.25) is 0 Å². The molecule has 1 aromatic carbocycles. The molecule has 0 spiro atoms. The van der Waals surface area contributed by atoms with E-state index in [0.29, 0.717) is 31.1 Å². The number of aryl methyl sites for hydroxylation is 2. The predicted octanol–water partition coefficient (Wildman–Crippen LogP) is 2.28. The summed E-state index contributed by atoms with van der Waals surface area (Å²) >= 11 is 0. The predicted molar refractivity (Wildman–Crippen MR) is 93.8 cm³/mol. The van der Waals surface area contributed by atoms with Crippen molar-refractivity contribution in [3.8, 4) is 16.9 Å². The van der Waals surface area contributed by atoms with Crippen molar-refractivity contribution in [3.05, 3.63) is 46.0 Å². The van der Waals surface area contributed by atoms with Crippen molar-refractivity contribution in [3.63, 3.8) is 0 Å². The fourth-order valence-electron chi connectivity index (χ4n) is 2.47. The van der Waals surface area contributed by atoms with Crippen LogP contribution in [0.1, 0.15) is 11.4 Å². The molecule has 0 saturated heterocycles. The van der Waals surface area contributed by atoms with Gasteiger partial charge in [0.1, 0.15) is 18.7 Å². The molecule has 0 aliphatic heterocycles. The van der Waals surface area contributed by atoms with Gasteiger partial charge in [0.2, 0.25) is 0 Å². The maximum atomic E-state index is 11.1. The molecule has 8 heteroatoms. The molecule has 0 radical (unpaired) electrons. The Kier molecular flexibility index (Phi) is 6.79. The molecule has 0 saturated carbocycles. The summed E-state index contributed by atoms with van der Waals surface area (Å²) in [4.78, 5) is 19.1. The summed E-state index contributed by atoms with van der Waals surface area (Å²) in [6.45, 7) is 6.13. The maximum Gasteiger partial charge on any atom is 0.270 e. The summed E-state index contributed by atoms with van der Waals surface area (Å²) in [5.74, 6) is 0.570. The Hall–Kier alpha value is -2.58. The minimum absolute atomic E-state index is 0.00298. The molecule has 0 aliphatic rings. The van der Waals surface area contributed by atoms with Gasteiger partial charge in [-0.25, -0.2) is 9.97 Å². The number of nitrogens with one attached hydrogen (secondary N) is 1. The standard InChI is InChI=1S/C17H22N4O4/c1-12-17(13(2)20-11-19-12)15-10-14(21(22)23)4-5-16(15)25-9-7-18-6-8-24-3/h4-5,10-11,18H,6-9H2,1-3H3. The van der Waals surface area contributed by atoms with E-state index in [1.165, 1.54) is 18.5 Å². The highest BCUT2D eigenvalue weighted by atomic mass is 16.6. The largest absolute Gasteiger partial charge is 0.492 e. The number of rotatable bonds is 9. The lowest BCUT2D eigenvalue weighted by Crippen LogP contribution is -2.24. The molecule has 1 aromatic heterocycles. The second kappa shape index (κ2) is 9.05. The molecule has 0 atom stereocenters. The first-order chi connectivity index (χ1) is 12.0. The van der Waals surface area contributed by atoms with Crippen molar-refractivity contribution in [2.24, 2.45) is 0 Å². The number of hydrogen-bond donors (Lipinski definition) is 1. The van der Waals surface area contributed by atoms with Crippen LogP contribution in [0.3, 0.4) is 0 Å². The molecular formula is C17H22N4O4. The Labute approximate surface area is 146 Å². The van der Waals surface area contributed by atoms with Crippen molar-refractivity contribution < 1.29 is 14.4 Å². The van der Waals surface area contributed by atoms with Crippen LogP contribution in [-0.4, -0.2) is 48.3 Å². The lowest BCUT2D eigenvalue weighted by atomic mass is 10.0. The molecule has 0 bridgehead atoms. The first kappa shape index (κ1) is 18.8. The van der Waals surface area contributed by atoms with Gasteiger partial charge in [-0.05, 0) is 19.9 Å². The Bertz CT molecular complexity index is 716. The monoisotopic (exact) mass is 346 g/mol. The minimum Gasteiger partial charge on any atom is -0.492 e. The number of nitrogens with zero attached hydrogens (tertiary/aromatic N) is 3. The SMILES string of the molecule is COCCNCCOc1ccc([N+](=O)[O-])cc1-c1c(C)ncnc1C. The van der Waals surface area contributed by atoms with E-state index < -0.39 is 4.92 Å². The summed E-state index contributed by atoms with van der Waals surface area (Å²) in [6.07, 6.45) is 1.48. The van der Waals surface area contributed by atoms with Gasteiger partial charge < -0.3 is 14.8 Å². The third-order valence-corrected chi connectivity index (χ3v) is 3.69. The molecule has 8 nitrogen and oxygen atoms in total. The van der Waals surface area contributed by atoms with Crippen LogP contribution >= 0.6 is 0 Å². The highest BCUT2D eigenvalue weighted by molar-refractivity contribution is 5.76. The zero-order chi connectivity index (χ0) is 18.2. The summed E-state index contributed by atoms with van der Waals surface area (Å²) in [7, 11) is 1.65. The fourth-order valence-corrected chi connectivity index (χ4v) is 2.47. The lowest BCUT2D eigenvalue weighted by molar-refractivity contribution is -0.384. The van der Waals surface area contributed by atoms with Crippen LogP contribution in [0.5, 0.6) is 5.75 Å². The lowest BCUT2D eigenvalue weighted by Gasteiger charge is -2.14. The molecular weight excluding hydrogens is 324 g/mol. The molecule has 1 N–H and O–H groups in total. The van der Waals surface area contributed by atoms with Crippen molar-refractivity contribution in [2.45, 2.75) is 13.8 Å². The normalized spacial score (nSPS) is 10.7. The molecule has 0 aliphatic carbocycles. The van der Waals surface area contributed by atoms with Gasteiger partial charge in [0, 0.05) is 54.8 Å². The van der Waals surface area contributed by atoms with E-state index in [4.69, 9.17) is 9.47 Å². The van der Waals surface area contributed by atoms with Crippen LogP contribution in [0.25, 0.3) is 11.1 Å². The van der Waals surface area contributed by atoms with E-state index in [9.17, 15) is 10.1 Å². The van der Waals surface area contributed by atoms with Gasteiger partial charge in [-0.15, -0.1) is 0 Å². The van der Waals surface area contributed by atoms with Crippen molar-refractivity contribution in [1.82, 2.24) is 15.3 Å². The average molecular weight is 346 g/mol. The molecule has 25 heavy (non-hydrogen) atoms. The van der Waals surface area contributed by atoms with Gasteiger partial charge in [-0.1, -0.05) is 0 Å². The number of hydrogen-bond acceptors (Lipinski definition) is 7. The maximum absolute atomic E-state index is 11.1. The van der Waals surface area contributed by atoms with Crippen LogP contribution in [0.4, 0.5) is 5.69 Å². The molecule has 0 unspecified atom stereocenters. The van der Waals surface area contributed by atoms with Gasteiger partial charge in [-0.3, -0.25) is 10.1 Å². The Morgan fingerprint density at radius 1 is 1.16 bits per heavy atom. The van der Waals surface area contributed by atoms with Crippen molar-refractivity contribution >= 4 is 5.69 Å². The molecule has 1 heterocycles. The van der Waals surface area contributed by atoms with Gasteiger partial charge in [0.15, 0.2) is 0 Å². The number of benzene rings is 1. The number of methoxy groups -OCH3 is 1. The van der Waals surface area contributed by atoms with Gasteiger partial charge in [0.05, 0.1) is 11.5 Å². The summed E-state index contributed by atoms with van der Waals surface area (Å²) in [5, 5.41) is 14.3. The quantitative estimate of drug-likeness (QED) is 0.422. The van der Waals surface area contributed by atoms with Gasteiger partial charge in [-0.2, -0.15) is 0 Å². The highest BCUT2D eigenvalue weighted by Crippen LogP contribution is 2.36. The molecule has 0 amide bonds. The topological polar surface area (TPSA) is 99.4 Å². The first-order valence-electron chi connectivity index (χ1n) is 7.94. The van der Waals surface area contributed by atoms with E-state index in [1.807, 2.05) is 13.8 Å². The zero-order valence-corrected chi connectivity index (χ0v) is 14.6. The van der Waals surface area contributed by atoms with E-state index in [0.717, 1.165) is 23.5 Å². The van der Waals surface area contributed by atoms with Gasteiger partial charge in [0.25, 0.3) is 5.69 Å². The third-order valence-electron chi connectivity index (χ3n) is 3.69. The van der Waals surface area contributed by atoms with E-state index >= 15 is 0 Å². The summed E-state index contributed by atoms with van der Waals surface area (Å²) in [6, 6.07) is 4.56. The van der Waals surface area contributed by atoms with E-state index in [2.05, 4.69) is 15.3 Å². The number of nitro groups is 1. The second-order valence-electron chi connectivity index (χ2n) is 5.45. The number of non-ortho nitro benzene ring substituents is 1. The van der Waals surface area contributed by atoms with Crippen LogP contribution in [0, 0.1) is 24.0 Å². The fraction of sp³-hybridized carbons (Fsp3) is 0.412. The minimum atomic E-state index is -0.423. The summed E-state index contributed by atoms with van der Waals surface area (Å²) in [5.41, 5.74) is 2.88. The highest BCUT2D eigenvalue weighted by Gasteiger charge is 2.17.